The Labute approximate surface area is 304 Å². The molecule has 52 heavy (non-hydrogen) atoms. The second-order valence-electron chi connectivity index (χ2n) is 13.2. The lowest BCUT2D eigenvalue weighted by atomic mass is 9.54. The van der Waals surface area contributed by atoms with E-state index in [1.54, 1.807) is 4.90 Å². The van der Waals surface area contributed by atoms with Crippen LogP contribution in [0.2, 0.25) is 0 Å². The number of ether oxygens (including phenoxy) is 1. The summed E-state index contributed by atoms with van der Waals surface area (Å²) in [5.41, 5.74) is 17.4. The van der Waals surface area contributed by atoms with Gasteiger partial charge in [-0.1, -0.05) is 30.8 Å². The number of carbonyl (C=O) groups excluding carboxylic acids is 3. The lowest BCUT2D eigenvalue weighted by Gasteiger charge is -2.51. The normalized spacial score (nSPS) is 20.1. The molecule has 4 aromatic rings. The molecule has 2 aromatic carbocycles. The van der Waals surface area contributed by atoms with Crippen molar-refractivity contribution in [3.63, 3.8) is 0 Å². The average Bonchev–Trinajstić information content (AvgIpc) is 3.58. The summed E-state index contributed by atoms with van der Waals surface area (Å²) in [6.45, 7) is 1.81. The maximum absolute atomic E-state index is 12.8. The molecule has 0 spiro atoms. The molecule has 8 rings (SSSR count). The van der Waals surface area contributed by atoms with Crippen LogP contribution in [0, 0.1) is 10.8 Å². The number of aromatic carboxylic acids is 1. The number of carboxylic acids is 1. The molecule has 3 saturated carbocycles. The molecule has 3 aliphatic carbocycles. The largest absolute Gasteiger partial charge is 0.477 e. The minimum Gasteiger partial charge on any atom is -0.477 e. The number of nitrogens with zero attached hydrogens (tertiary/aromatic N) is 5. The molecule has 0 unspecified atom stereocenters. The van der Waals surface area contributed by atoms with Crippen LogP contribution in [0.25, 0.3) is 5.65 Å². The number of benzene rings is 1. The smallest absolute Gasteiger partial charge is 0.354 e. The first-order chi connectivity index (χ1) is 23.8. The summed E-state index contributed by atoms with van der Waals surface area (Å²) < 4.78 is 5.72. The molecule has 2 aromatic heterocycles. The Bertz CT molecular complexity index is 2100. The SMILES string of the molecule is C.COC(=O)C12CCC(CN)(CC1)CC2.Cl.NC(=O)c1nnn2c(C(=O)O)cc(C(=O)NCc3ccc4c(c3)CN(c3c(N)c(=O)c3=O)CC4)nc12. The number of nitrogen functional groups attached to an aromatic ring is 1. The highest BCUT2D eigenvalue weighted by atomic mass is 35.5. The number of esters is 1. The van der Waals surface area contributed by atoms with Crippen molar-refractivity contribution in [2.24, 2.45) is 22.3 Å². The van der Waals surface area contributed by atoms with Crippen LogP contribution >= 0.6 is 12.4 Å². The molecule has 1 aliphatic heterocycles. The van der Waals surface area contributed by atoms with Crippen molar-refractivity contribution in [2.75, 3.05) is 30.8 Å². The summed E-state index contributed by atoms with van der Waals surface area (Å²) in [6, 6.07) is 6.65. The zero-order valence-electron chi connectivity index (χ0n) is 27.8. The third-order valence-corrected chi connectivity index (χ3v) is 10.5. The van der Waals surface area contributed by atoms with Crippen LogP contribution in [-0.4, -0.2) is 68.9 Å². The Morgan fingerprint density at radius 3 is 2.27 bits per heavy atom. The van der Waals surface area contributed by atoms with Crippen LogP contribution in [0.4, 0.5) is 11.4 Å². The van der Waals surface area contributed by atoms with Crippen molar-refractivity contribution in [3.8, 4) is 0 Å². The van der Waals surface area contributed by atoms with Crippen molar-refractivity contribution in [1.29, 1.82) is 0 Å². The van der Waals surface area contributed by atoms with E-state index in [0.29, 0.717) is 24.9 Å². The van der Waals surface area contributed by atoms with E-state index in [9.17, 15) is 33.9 Å². The molecule has 8 N–H and O–H groups in total. The molecule has 3 fully saturated rings. The van der Waals surface area contributed by atoms with Crippen molar-refractivity contribution in [1.82, 2.24) is 25.1 Å². The van der Waals surface area contributed by atoms with E-state index in [4.69, 9.17) is 21.9 Å². The standard InChI is InChI=1S/C22H18N8O6.C11H19NO2.CH4.ClH/c23-14-16(18(32)17(14)31)29-4-3-10-2-1-9(5-11(10)8-29)7-25-21(34)12-6-13(22(35)36)30-20(26-12)15(19(24)33)27-28-30;1-14-9(13)11-5-2-10(8-12,3-6-11)4-7-11;;/h1-2,5-6H,3-4,7-8,23H2,(H2,24,33)(H,25,34)(H,35,36);2-8,12H2,1H3;1H4;1H. The zero-order valence-corrected chi connectivity index (χ0v) is 28.6. The van der Waals surface area contributed by atoms with Gasteiger partial charge in [0.2, 0.25) is 0 Å². The van der Waals surface area contributed by atoms with Crippen LogP contribution in [0.3, 0.4) is 0 Å². The summed E-state index contributed by atoms with van der Waals surface area (Å²) in [4.78, 5) is 76.8. The molecule has 17 nitrogen and oxygen atoms in total. The summed E-state index contributed by atoms with van der Waals surface area (Å²) in [5, 5.41) is 19.3. The fraction of sp³-hybridized carbons (Fsp3) is 0.441. The number of nitrogens with one attached hydrogen (secondary N) is 1. The number of aromatic nitrogens is 4. The van der Waals surface area contributed by atoms with Crippen LogP contribution in [-0.2, 0) is 29.0 Å². The summed E-state index contributed by atoms with van der Waals surface area (Å²) in [6.07, 6.45) is 6.93. The quantitative estimate of drug-likeness (QED) is 0.125. The number of hydrogen-bond donors (Lipinski definition) is 5. The van der Waals surface area contributed by atoms with Gasteiger partial charge in [0.1, 0.15) is 17.1 Å². The lowest BCUT2D eigenvalue weighted by Crippen LogP contribution is -2.49. The number of rotatable bonds is 8. The first-order valence-corrected chi connectivity index (χ1v) is 16.1. The average molecular weight is 740 g/mol. The van der Waals surface area contributed by atoms with E-state index >= 15 is 0 Å². The van der Waals surface area contributed by atoms with Crippen LogP contribution in [0.15, 0.2) is 33.9 Å². The number of anilines is 2. The Morgan fingerprint density at radius 2 is 1.69 bits per heavy atom. The fourth-order valence-electron chi connectivity index (χ4n) is 7.29. The monoisotopic (exact) mass is 739 g/mol. The highest BCUT2D eigenvalue weighted by molar-refractivity contribution is 6.00. The number of fused-ring (bicyclic) bond motifs is 5. The lowest BCUT2D eigenvalue weighted by molar-refractivity contribution is -0.162. The Morgan fingerprint density at radius 1 is 1.02 bits per heavy atom. The molecule has 0 radical (unpaired) electrons. The number of carbonyl (C=O) groups is 4. The number of methoxy groups -OCH3 is 1. The Balaban J connectivity index is 0.000000318. The number of hydrogen-bond acceptors (Lipinski definition) is 13. The van der Waals surface area contributed by atoms with Gasteiger partial charge in [-0.15, -0.1) is 17.5 Å². The molecule has 0 saturated heterocycles. The van der Waals surface area contributed by atoms with E-state index in [0.717, 1.165) is 72.3 Å². The minimum atomic E-state index is -1.40. The van der Waals surface area contributed by atoms with E-state index in [1.165, 1.54) is 7.11 Å². The summed E-state index contributed by atoms with van der Waals surface area (Å²) >= 11 is 0. The van der Waals surface area contributed by atoms with Crippen molar-refractivity contribution < 1.29 is 29.0 Å². The van der Waals surface area contributed by atoms with Gasteiger partial charge in [-0.2, -0.15) is 4.52 Å². The predicted octanol–water partition coefficient (Wildman–Crippen LogP) is 1.11. The molecule has 4 aliphatic rings. The maximum atomic E-state index is 12.8. The van der Waals surface area contributed by atoms with E-state index in [-0.39, 0.29) is 66.2 Å². The van der Waals surface area contributed by atoms with E-state index in [1.807, 2.05) is 18.2 Å². The second kappa shape index (κ2) is 15.1. The third kappa shape index (κ3) is 6.92. The summed E-state index contributed by atoms with van der Waals surface area (Å²) in [7, 11) is 1.50. The van der Waals surface area contributed by atoms with Gasteiger partial charge < -0.3 is 37.3 Å². The third-order valence-electron chi connectivity index (χ3n) is 10.5. The van der Waals surface area contributed by atoms with E-state index < -0.39 is 34.3 Å². The molecular formula is C34H42ClN9O8. The van der Waals surface area contributed by atoms with Crippen LogP contribution in [0.1, 0.15) is 94.1 Å². The fourth-order valence-corrected chi connectivity index (χ4v) is 7.29. The molecule has 278 valence electrons. The van der Waals surface area contributed by atoms with Gasteiger partial charge in [-0.3, -0.25) is 24.0 Å². The van der Waals surface area contributed by atoms with E-state index in [2.05, 4.69) is 20.6 Å². The van der Waals surface area contributed by atoms with Gasteiger partial charge in [-0.25, -0.2) is 9.78 Å². The van der Waals surface area contributed by atoms with Gasteiger partial charge in [0.15, 0.2) is 17.0 Å². The topological polar surface area (TPSA) is 268 Å². The van der Waals surface area contributed by atoms with Crippen LogP contribution in [0.5, 0.6) is 0 Å². The van der Waals surface area contributed by atoms with Crippen molar-refractivity contribution in [3.05, 3.63) is 78.5 Å². The number of amides is 2. The summed E-state index contributed by atoms with van der Waals surface area (Å²) in [5.74, 6) is -3.06. The number of halogens is 1. The number of nitrogens with two attached hydrogens (primary N) is 3. The number of carboxylic acid groups (broad SMARTS) is 1. The zero-order chi connectivity index (χ0) is 36.0. The highest BCUT2D eigenvalue weighted by Gasteiger charge is 2.52. The molecule has 3 heterocycles. The highest BCUT2D eigenvalue weighted by Crippen LogP contribution is 2.56. The molecule has 0 atom stereocenters. The molecular weight excluding hydrogens is 698 g/mol. The Kier molecular flexibility index (Phi) is 11.4. The van der Waals surface area contributed by atoms with Gasteiger partial charge >= 0.3 is 11.9 Å². The number of primary amides is 1. The predicted molar refractivity (Wildman–Crippen MR) is 192 cm³/mol. The molecule has 2 bridgehead atoms. The van der Waals surface area contributed by atoms with Crippen molar-refractivity contribution in [2.45, 2.75) is 65.5 Å². The maximum Gasteiger partial charge on any atom is 0.354 e. The first-order valence-electron chi connectivity index (χ1n) is 16.1. The molecule has 18 heteroatoms. The van der Waals surface area contributed by atoms with Crippen molar-refractivity contribution >= 4 is 53.2 Å². The molecule has 2 amide bonds. The van der Waals surface area contributed by atoms with Gasteiger partial charge in [-0.05, 0) is 73.6 Å². The first kappa shape index (κ1) is 39.4. The minimum absolute atomic E-state index is 0. The van der Waals surface area contributed by atoms with Gasteiger partial charge in [0, 0.05) is 25.7 Å². The van der Waals surface area contributed by atoms with Gasteiger partial charge in [0.25, 0.3) is 22.7 Å². The van der Waals surface area contributed by atoms with Gasteiger partial charge in [0.05, 0.1) is 12.5 Å². The Hall–Kier alpha value is -5.42. The van der Waals surface area contributed by atoms with Crippen LogP contribution < -0.4 is 38.3 Å². The second-order valence-corrected chi connectivity index (χ2v) is 13.2.